The summed E-state index contributed by atoms with van der Waals surface area (Å²) in [5.74, 6) is -2.01. The highest BCUT2D eigenvalue weighted by Crippen LogP contribution is 2.44. The van der Waals surface area contributed by atoms with Crippen LogP contribution in [-0.2, 0) is 25.5 Å². The van der Waals surface area contributed by atoms with E-state index < -0.39 is 41.7 Å². The molecule has 48 heavy (non-hydrogen) atoms. The highest BCUT2D eigenvalue weighted by atomic mass is 16.6. The van der Waals surface area contributed by atoms with Crippen LogP contribution in [0.15, 0.2) is 79.0 Å². The Morgan fingerprint density at radius 2 is 1.48 bits per heavy atom. The summed E-state index contributed by atoms with van der Waals surface area (Å²) >= 11 is 0. The van der Waals surface area contributed by atoms with Crippen LogP contribution in [0.1, 0.15) is 62.6 Å². The van der Waals surface area contributed by atoms with Crippen molar-refractivity contribution in [3.8, 4) is 11.1 Å². The molecule has 0 spiro atoms. The summed E-state index contributed by atoms with van der Waals surface area (Å²) in [6.07, 6.45) is 1.57. The number of hydrogen-bond donors (Lipinski definition) is 5. The zero-order valence-corrected chi connectivity index (χ0v) is 27.4. The SMILES string of the molecule is CC(C)(C)OC(=O)NCCCC[C@H](NC(=O)[C@@H](Cc1c[nH]c2ccccc12)NC(=O)OCC1c2ccccc2-c2ccccc21)C(=O)O. The third-order valence-electron chi connectivity index (χ3n) is 8.25. The number of aromatic amines is 1. The van der Waals surface area contributed by atoms with Crippen LogP contribution in [0, 0.1) is 0 Å². The molecule has 1 aliphatic rings. The van der Waals surface area contributed by atoms with Gasteiger partial charge >= 0.3 is 18.2 Å². The number of carbonyl (C=O) groups excluding carboxylic acids is 3. The Labute approximate surface area is 279 Å². The van der Waals surface area contributed by atoms with Gasteiger partial charge in [-0.15, -0.1) is 0 Å². The fourth-order valence-electron chi connectivity index (χ4n) is 6.02. The van der Waals surface area contributed by atoms with Gasteiger partial charge < -0.3 is 35.5 Å². The maximum atomic E-state index is 13.6. The van der Waals surface area contributed by atoms with Gasteiger partial charge in [0.15, 0.2) is 0 Å². The quantitative estimate of drug-likeness (QED) is 0.113. The average Bonchev–Trinajstić information content (AvgIpc) is 3.60. The van der Waals surface area contributed by atoms with Crippen molar-refractivity contribution in [2.75, 3.05) is 13.2 Å². The molecular formula is C37H42N4O7. The Morgan fingerprint density at radius 3 is 2.15 bits per heavy atom. The number of rotatable bonds is 13. The van der Waals surface area contributed by atoms with Crippen molar-refractivity contribution in [1.29, 1.82) is 0 Å². The van der Waals surface area contributed by atoms with Gasteiger partial charge in [-0.25, -0.2) is 14.4 Å². The summed E-state index contributed by atoms with van der Waals surface area (Å²) in [5, 5.41) is 18.7. The molecule has 0 bridgehead atoms. The number of carbonyl (C=O) groups is 4. The van der Waals surface area contributed by atoms with Crippen molar-refractivity contribution in [2.24, 2.45) is 0 Å². The molecule has 0 saturated heterocycles. The molecule has 5 N–H and O–H groups in total. The minimum absolute atomic E-state index is 0.0658. The third kappa shape index (κ3) is 8.52. The number of nitrogens with one attached hydrogen (secondary N) is 4. The van der Waals surface area contributed by atoms with Gasteiger partial charge in [0.05, 0.1) is 0 Å². The molecule has 0 unspecified atom stereocenters. The van der Waals surface area contributed by atoms with Crippen LogP contribution >= 0.6 is 0 Å². The van der Waals surface area contributed by atoms with Crippen molar-refractivity contribution in [1.82, 2.24) is 20.9 Å². The Hall–Kier alpha value is -5.32. The van der Waals surface area contributed by atoms with E-state index in [-0.39, 0.29) is 25.4 Å². The standard InChI is InChI=1S/C37H42N4O7/c1-37(2,3)48-35(45)38-19-11-10-18-31(34(43)44)40-33(42)32(20-23-21-39-30-17-9-8-12-24(23)30)41-36(46)47-22-29-27-15-6-4-13-25(27)26-14-5-7-16-28(26)29/h4-9,12-17,21,29,31-32,39H,10-11,18-20,22H2,1-3H3,(H,38,45)(H,40,42)(H,41,46)(H,43,44)/t31-,32+/m0/s1. The molecule has 1 aromatic heterocycles. The second kappa shape index (κ2) is 15.1. The van der Waals surface area contributed by atoms with Gasteiger partial charge in [-0.1, -0.05) is 66.7 Å². The first-order valence-corrected chi connectivity index (χ1v) is 16.2. The maximum Gasteiger partial charge on any atom is 0.407 e. The van der Waals surface area contributed by atoms with Gasteiger partial charge in [0.25, 0.3) is 0 Å². The van der Waals surface area contributed by atoms with E-state index in [0.29, 0.717) is 19.4 Å². The van der Waals surface area contributed by atoms with E-state index in [2.05, 4.69) is 20.9 Å². The van der Waals surface area contributed by atoms with Gasteiger partial charge in [0, 0.05) is 36.0 Å². The minimum atomic E-state index is -1.20. The molecule has 2 atom stereocenters. The predicted octanol–water partition coefficient (Wildman–Crippen LogP) is 5.88. The van der Waals surface area contributed by atoms with Gasteiger partial charge in [-0.05, 0) is 73.9 Å². The number of carboxylic acid groups (broad SMARTS) is 1. The van der Waals surface area contributed by atoms with Crippen molar-refractivity contribution in [3.63, 3.8) is 0 Å². The number of unbranched alkanes of at least 4 members (excludes halogenated alkanes) is 1. The minimum Gasteiger partial charge on any atom is -0.480 e. The smallest absolute Gasteiger partial charge is 0.407 e. The average molecular weight is 655 g/mol. The monoisotopic (exact) mass is 654 g/mol. The summed E-state index contributed by atoms with van der Waals surface area (Å²) in [7, 11) is 0. The zero-order chi connectivity index (χ0) is 34.3. The number of benzene rings is 3. The van der Waals surface area contributed by atoms with Crippen LogP contribution in [0.4, 0.5) is 9.59 Å². The fraction of sp³-hybridized carbons (Fsp3) is 0.351. The molecule has 252 valence electrons. The molecule has 3 aromatic carbocycles. The van der Waals surface area contributed by atoms with E-state index in [1.165, 1.54) is 0 Å². The number of H-pyrrole nitrogens is 1. The molecule has 11 nitrogen and oxygen atoms in total. The van der Waals surface area contributed by atoms with E-state index in [1.807, 2.05) is 72.8 Å². The van der Waals surface area contributed by atoms with Crippen molar-refractivity contribution < 1.29 is 33.8 Å². The van der Waals surface area contributed by atoms with Crippen LogP contribution in [0.5, 0.6) is 0 Å². The Balaban J connectivity index is 1.23. The normalized spacial score (nSPS) is 13.6. The van der Waals surface area contributed by atoms with E-state index in [4.69, 9.17) is 9.47 Å². The van der Waals surface area contributed by atoms with Crippen LogP contribution in [-0.4, -0.2) is 65.0 Å². The number of carboxylic acids is 1. The number of amides is 3. The van der Waals surface area contributed by atoms with Gasteiger partial charge in [-0.2, -0.15) is 0 Å². The second-order valence-corrected chi connectivity index (χ2v) is 12.9. The topological polar surface area (TPSA) is 159 Å². The van der Waals surface area contributed by atoms with Gasteiger partial charge in [-0.3, -0.25) is 4.79 Å². The van der Waals surface area contributed by atoms with Gasteiger partial charge in [0.1, 0.15) is 24.3 Å². The van der Waals surface area contributed by atoms with Crippen molar-refractivity contribution in [3.05, 3.63) is 95.7 Å². The highest BCUT2D eigenvalue weighted by molar-refractivity contribution is 5.91. The van der Waals surface area contributed by atoms with E-state index in [1.54, 1.807) is 27.0 Å². The number of alkyl carbamates (subject to hydrolysis) is 2. The molecule has 5 rings (SSSR count). The number of aromatic nitrogens is 1. The van der Waals surface area contributed by atoms with E-state index in [0.717, 1.165) is 38.7 Å². The van der Waals surface area contributed by atoms with Crippen molar-refractivity contribution >= 4 is 35.0 Å². The lowest BCUT2D eigenvalue weighted by Gasteiger charge is -2.22. The lowest BCUT2D eigenvalue weighted by molar-refractivity contribution is -0.142. The number of ether oxygens (including phenoxy) is 2. The lowest BCUT2D eigenvalue weighted by Crippen LogP contribution is -2.52. The molecule has 1 heterocycles. The first-order chi connectivity index (χ1) is 23.0. The second-order valence-electron chi connectivity index (χ2n) is 12.9. The molecular weight excluding hydrogens is 612 g/mol. The lowest BCUT2D eigenvalue weighted by atomic mass is 9.98. The summed E-state index contributed by atoms with van der Waals surface area (Å²) < 4.78 is 10.9. The van der Waals surface area contributed by atoms with Crippen LogP contribution < -0.4 is 16.0 Å². The first kappa shape index (κ1) is 34.0. The van der Waals surface area contributed by atoms with E-state index in [9.17, 15) is 24.3 Å². The predicted molar refractivity (Wildman–Crippen MR) is 182 cm³/mol. The molecule has 11 heteroatoms. The third-order valence-corrected chi connectivity index (χ3v) is 8.25. The van der Waals surface area contributed by atoms with Crippen LogP contribution in [0.2, 0.25) is 0 Å². The Morgan fingerprint density at radius 1 is 0.833 bits per heavy atom. The zero-order valence-electron chi connectivity index (χ0n) is 27.4. The number of para-hydroxylation sites is 1. The molecule has 1 aliphatic carbocycles. The largest absolute Gasteiger partial charge is 0.480 e. The first-order valence-electron chi connectivity index (χ1n) is 16.2. The molecule has 0 radical (unpaired) electrons. The van der Waals surface area contributed by atoms with Gasteiger partial charge in [0.2, 0.25) is 5.91 Å². The summed E-state index contributed by atoms with van der Waals surface area (Å²) in [4.78, 5) is 54.1. The Bertz CT molecular complexity index is 1730. The molecule has 3 amide bonds. The highest BCUT2D eigenvalue weighted by Gasteiger charge is 2.31. The maximum absolute atomic E-state index is 13.6. The molecule has 0 saturated carbocycles. The van der Waals surface area contributed by atoms with E-state index >= 15 is 0 Å². The van der Waals surface area contributed by atoms with Crippen molar-refractivity contribution in [2.45, 2.75) is 70.1 Å². The number of aliphatic carboxylic acids is 1. The summed E-state index contributed by atoms with van der Waals surface area (Å²) in [5.41, 5.74) is 5.34. The molecule has 0 aliphatic heterocycles. The summed E-state index contributed by atoms with van der Waals surface area (Å²) in [6, 6.07) is 21.3. The Kier molecular flexibility index (Phi) is 10.7. The molecule has 4 aromatic rings. The summed E-state index contributed by atoms with van der Waals surface area (Å²) in [6.45, 7) is 5.65. The van der Waals surface area contributed by atoms with Crippen LogP contribution in [0.25, 0.3) is 22.0 Å². The van der Waals surface area contributed by atoms with Crippen LogP contribution in [0.3, 0.4) is 0 Å². The number of fused-ring (bicyclic) bond motifs is 4. The number of hydrogen-bond acceptors (Lipinski definition) is 6. The fourth-order valence-corrected chi connectivity index (χ4v) is 6.02. The molecule has 0 fully saturated rings.